The lowest BCUT2D eigenvalue weighted by Crippen LogP contribution is -2.36. The van der Waals surface area contributed by atoms with Crippen molar-refractivity contribution in [3.63, 3.8) is 0 Å². The smallest absolute Gasteiger partial charge is 0.319 e. The van der Waals surface area contributed by atoms with Gasteiger partial charge in [0.1, 0.15) is 5.82 Å². The first-order valence-corrected chi connectivity index (χ1v) is 9.15. The number of nitrogens with zero attached hydrogens (tertiary/aromatic N) is 1. The molecule has 1 atom stereocenters. The molecule has 23 heavy (non-hydrogen) atoms. The van der Waals surface area contributed by atoms with Gasteiger partial charge in [-0.1, -0.05) is 28.8 Å². The lowest BCUT2D eigenvalue weighted by molar-refractivity contribution is 0.234. The summed E-state index contributed by atoms with van der Waals surface area (Å²) in [5, 5.41) is 5.44. The van der Waals surface area contributed by atoms with E-state index >= 15 is 0 Å². The SMILES string of the molecule is O=C(NC[C@@H]1CCN(C2CCCC2)C1)Nc1ccc(Br)cc1F. The van der Waals surface area contributed by atoms with Crippen molar-refractivity contribution in [1.82, 2.24) is 10.2 Å². The van der Waals surface area contributed by atoms with Gasteiger partial charge in [0.15, 0.2) is 0 Å². The molecule has 3 rings (SSSR count). The van der Waals surface area contributed by atoms with Gasteiger partial charge in [-0.05, 0) is 49.9 Å². The normalized spacial score (nSPS) is 22.4. The van der Waals surface area contributed by atoms with E-state index in [1.54, 1.807) is 12.1 Å². The zero-order valence-electron chi connectivity index (χ0n) is 13.2. The number of carbonyl (C=O) groups is 1. The Kier molecular flexibility index (Phi) is 5.54. The van der Waals surface area contributed by atoms with Crippen LogP contribution >= 0.6 is 15.9 Å². The van der Waals surface area contributed by atoms with E-state index < -0.39 is 5.82 Å². The van der Waals surface area contributed by atoms with E-state index in [2.05, 4.69) is 31.5 Å². The molecule has 0 spiro atoms. The van der Waals surface area contributed by atoms with Crippen LogP contribution < -0.4 is 10.6 Å². The fourth-order valence-electron chi connectivity index (χ4n) is 3.62. The average Bonchev–Trinajstić information content (AvgIpc) is 3.18. The number of anilines is 1. The minimum atomic E-state index is -0.442. The summed E-state index contributed by atoms with van der Waals surface area (Å²) >= 11 is 3.20. The number of hydrogen-bond acceptors (Lipinski definition) is 2. The zero-order valence-corrected chi connectivity index (χ0v) is 14.7. The van der Waals surface area contributed by atoms with Crippen molar-refractivity contribution in [3.8, 4) is 0 Å². The predicted molar refractivity (Wildman–Crippen MR) is 93.1 cm³/mol. The van der Waals surface area contributed by atoms with E-state index in [0.717, 1.165) is 25.6 Å². The van der Waals surface area contributed by atoms with Gasteiger partial charge in [0, 0.05) is 23.6 Å². The second kappa shape index (κ2) is 7.62. The summed E-state index contributed by atoms with van der Waals surface area (Å²) in [6, 6.07) is 5.01. The van der Waals surface area contributed by atoms with Crippen LogP contribution in [-0.4, -0.2) is 36.6 Å². The summed E-state index contributed by atoms with van der Waals surface area (Å²) in [4.78, 5) is 14.5. The number of halogens is 2. The molecule has 2 fully saturated rings. The van der Waals surface area contributed by atoms with E-state index in [1.165, 1.54) is 31.7 Å². The van der Waals surface area contributed by atoms with Crippen molar-refractivity contribution in [1.29, 1.82) is 0 Å². The van der Waals surface area contributed by atoms with E-state index in [1.807, 2.05) is 0 Å². The minimum absolute atomic E-state index is 0.199. The van der Waals surface area contributed by atoms with Crippen LogP contribution in [0.2, 0.25) is 0 Å². The van der Waals surface area contributed by atoms with Crippen LogP contribution in [0.15, 0.2) is 22.7 Å². The van der Waals surface area contributed by atoms with Crippen molar-refractivity contribution in [2.45, 2.75) is 38.1 Å². The lowest BCUT2D eigenvalue weighted by atomic mass is 10.1. The Morgan fingerprint density at radius 3 is 2.83 bits per heavy atom. The van der Waals surface area contributed by atoms with Crippen LogP contribution in [0.3, 0.4) is 0 Å². The van der Waals surface area contributed by atoms with Gasteiger partial charge in [0.05, 0.1) is 5.69 Å². The number of likely N-dealkylation sites (tertiary alicyclic amines) is 1. The van der Waals surface area contributed by atoms with Gasteiger partial charge in [-0.2, -0.15) is 0 Å². The summed E-state index contributed by atoms with van der Waals surface area (Å²) in [6.45, 7) is 2.85. The molecule has 2 aliphatic rings. The van der Waals surface area contributed by atoms with Crippen LogP contribution in [0.5, 0.6) is 0 Å². The number of carbonyl (C=O) groups excluding carboxylic acids is 1. The molecule has 126 valence electrons. The van der Waals surface area contributed by atoms with Crippen LogP contribution in [0, 0.1) is 11.7 Å². The molecule has 1 aromatic carbocycles. The Labute approximate surface area is 144 Å². The molecule has 0 bridgehead atoms. The third-order valence-corrected chi connectivity index (χ3v) is 5.38. The predicted octanol–water partition coefficient (Wildman–Crippen LogP) is 3.97. The van der Waals surface area contributed by atoms with E-state index in [-0.39, 0.29) is 11.7 Å². The van der Waals surface area contributed by atoms with E-state index in [9.17, 15) is 9.18 Å². The molecule has 0 unspecified atom stereocenters. The average molecular weight is 384 g/mol. The van der Waals surface area contributed by atoms with Gasteiger partial charge in [0.25, 0.3) is 0 Å². The number of rotatable bonds is 4. The van der Waals surface area contributed by atoms with Gasteiger partial charge >= 0.3 is 6.03 Å². The lowest BCUT2D eigenvalue weighted by Gasteiger charge is -2.23. The highest BCUT2D eigenvalue weighted by Crippen LogP contribution is 2.28. The molecule has 1 saturated heterocycles. The quantitative estimate of drug-likeness (QED) is 0.825. The maximum Gasteiger partial charge on any atom is 0.319 e. The fraction of sp³-hybridized carbons (Fsp3) is 0.588. The zero-order chi connectivity index (χ0) is 16.2. The van der Waals surface area contributed by atoms with Gasteiger partial charge in [-0.15, -0.1) is 0 Å². The highest BCUT2D eigenvalue weighted by atomic mass is 79.9. The van der Waals surface area contributed by atoms with Crippen LogP contribution in [-0.2, 0) is 0 Å². The molecule has 1 aliphatic heterocycles. The monoisotopic (exact) mass is 383 g/mol. The molecule has 1 saturated carbocycles. The second-order valence-corrected chi connectivity index (χ2v) is 7.46. The summed E-state index contributed by atoms with van der Waals surface area (Å²) in [7, 11) is 0. The number of amides is 2. The van der Waals surface area contributed by atoms with Gasteiger partial charge < -0.3 is 15.5 Å². The van der Waals surface area contributed by atoms with Crippen molar-refractivity contribution in [2.24, 2.45) is 5.92 Å². The molecule has 2 amide bonds. The molecule has 2 N–H and O–H groups in total. The van der Waals surface area contributed by atoms with Crippen molar-refractivity contribution >= 4 is 27.6 Å². The molecule has 1 aliphatic carbocycles. The van der Waals surface area contributed by atoms with E-state index in [0.29, 0.717) is 16.9 Å². The van der Waals surface area contributed by atoms with Gasteiger partial charge in [-0.3, -0.25) is 0 Å². The number of hydrogen-bond donors (Lipinski definition) is 2. The first-order valence-electron chi connectivity index (χ1n) is 8.36. The number of benzene rings is 1. The van der Waals surface area contributed by atoms with Crippen molar-refractivity contribution < 1.29 is 9.18 Å². The molecule has 0 aromatic heterocycles. The minimum Gasteiger partial charge on any atom is -0.338 e. The fourth-order valence-corrected chi connectivity index (χ4v) is 3.96. The van der Waals surface area contributed by atoms with Crippen molar-refractivity contribution in [3.05, 3.63) is 28.5 Å². The Balaban J connectivity index is 1.42. The molecular weight excluding hydrogens is 361 g/mol. The summed E-state index contributed by atoms with van der Waals surface area (Å²) in [5.74, 6) is 0.0546. The Bertz CT molecular complexity index is 563. The summed E-state index contributed by atoms with van der Waals surface area (Å²) in [5.41, 5.74) is 0.199. The molecule has 6 heteroatoms. The van der Waals surface area contributed by atoms with Crippen LogP contribution in [0.1, 0.15) is 32.1 Å². The van der Waals surface area contributed by atoms with Crippen molar-refractivity contribution in [2.75, 3.05) is 25.0 Å². The molecular formula is C17H23BrFN3O. The van der Waals surface area contributed by atoms with Crippen LogP contribution in [0.25, 0.3) is 0 Å². The molecule has 1 aromatic rings. The first-order chi connectivity index (χ1) is 11.1. The second-order valence-electron chi connectivity index (χ2n) is 6.55. The number of urea groups is 1. The third kappa shape index (κ3) is 4.44. The number of nitrogens with one attached hydrogen (secondary N) is 2. The maximum atomic E-state index is 13.7. The Morgan fingerprint density at radius 1 is 1.30 bits per heavy atom. The largest absolute Gasteiger partial charge is 0.338 e. The van der Waals surface area contributed by atoms with Crippen LogP contribution in [0.4, 0.5) is 14.9 Å². The third-order valence-electron chi connectivity index (χ3n) is 4.89. The first kappa shape index (κ1) is 16.7. The standard InChI is InChI=1S/C17H23BrFN3O/c18-13-5-6-16(15(19)9-13)21-17(23)20-10-12-7-8-22(11-12)14-3-1-2-4-14/h5-6,9,12,14H,1-4,7-8,10-11H2,(H2,20,21,23)/t12-/m0/s1. The topological polar surface area (TPSA) is 44.4 Å². The summed E-state index contributed by atoms with van der Waals surface area (Å²) in [6.07, 6.45) is 6.48. The molecule has 0 radical (unpaired) electrons. The van der Waals surface area contributed by atoms with Gasteiger partial charge in [0.2, 0.25) is 0 Å². The van der Waals surface area contributed by atoms with Gasteiger partial charge in [-0.25, -0.2) is 9.18 Å². The Morgan fingerprint density at radius 2 is 2.09 bits per heavy atom. The highest BCUT2D eigenvalue weighted by Gasteiger charge is 2.29. The maximum absolute atomic E-state index is 13.7. The Hall–Kier alpha value is -1.14. The van der Waals surface area contributed by atoms with E-state index in [4.69, 9.17) is 0 Å². The highest BCUT2D eigenvalue weighted by molar-refractivity contribution is 9.10. The summed E-state index contributed by atoms with van der Waals surface area (Å²) < 4.78 is 14.3. The molecule has 1 heterocycles. The molecule has 4 nitrogen and oxygen atoms in total.